The molecular formula is C35H47F3N6O8S3. The monoisotopic (exact) mass is 832 g/mol. The number of thiazole rings is 2. The molecule has 0 radical (unpaired) electrons. The van der Waals surface area contributed by atoms with Gasteiger partial charge in [-0.15, -0.1) is 22.7 Å². The largest absolute Gasteiger partial charge is 0.469 e. The maximum atomic E-state index is 14.1. The molecule has 2 N–H and O–H groups in total. The van der Waals surface area contributed by atoms with Gasteiger partial charge in [0.15, 0.2) is 11.8 Å². The van der Waals surface area contributed by atoms with Crippen molar-refractivity contribution in [2.45, 2.75) is 76.5 Å². The fraction of sp³-hybridized carbons (Fsp3) is 0.629. The van der Waals surface area contributed by atoms with Crippen molar-refractivity contribution in [1.82, 2.24) is 30.4 Å². The lowest BCUT2D eigenvalue weighted by molar-refractivity contribution is -0.148. The summed E-state index contributed by atoms with van der Waals surface area (Å²) in [5.74, 6) is -1.89. The Morgan fingerprint density at radius 1 is 1.11 bits per heavy atom. The minimum atomic E-state index is -4.64. The van der Waals surface area contributed by atoms with E-state index in [1.54, 1.807) is 32.7 Å². The number of nitrogens with one attached hydrogen (secondary N) is 2. The number of morpholine rings is 1. The normalized spacial score (nSPS) is 19.2. The maximum Gasteiger partial charge on any atom is 0.434 e. The number of likely N-dealkylation sites (N-methyl/N-ethyl adjacent to an activating group) is 2. The zero-order valence-corrected chi connectivity index (χ0v) is 33.9. The van der Waals surface area contributed by atoms with Crippen LogP contribution in [0.4, 0.5) is 13.2 Å². The summed E-state index contributed by atoms with van der Waals surface area (Å²) in [6.45, 7) is 9.93. The summed E-state index contributed by atoms with van der Waals surface area (Å²) >= 11 is 3.50. The number of methoxy groups -OCH3 is 1. The van der Waals surface area contributed by atoms with Gasteiger partial charge in [0.05, 0.1) is 37.3 Å². The van der Waals surface area contributed by atoms with Crippen LogP contribution in [-0.2, 0) is 46.0 Å². The number of hydrogen-bond donors (Lipinski definition) is 2. The minimum Gasteiger partial charge on any atom is -0.469 e. The Bertz CT molecular complexity index is 1700. The molecule has 2 aliphatic rings. The van der Waals surface area contributed by atoms with Crippen LogP contribution in [0.5, 0.6) is 0 Å². The molecule has 55 heavy (non-hydrogen) atoms. The first-order valence-electron chi connectivity index (χ1n) is 17.5. The summed E-state index contributed by atoms with van der Waals surface area (Å²) in [6.07, 6.45) is -5.65. The lowest BCUT2D eigenvalue weighted by Gasteiger charge is -2.39. The fourth-order valence-electron chi connectivity index (χ4n) is 6.17. The van der Waals surface area contributed by atoms with Gasteiger partial charge in [-0.25, -0.2) is 9.97 Å². The zero-order chi connectivity index (χ0) is 40.6. The van der Waals surface area contributed by atoms with Gasteiger partial charge < -0.3 is 29.7 Å². The van der Waals surface area contributed by atoms with E-state index >= 15 is 0 Å². The molecule has 0 aromatic carbocycles. The van der Waals surface area contributed by atoms with Crippen molar-refractivity contribution in [1.29, 1.82) is 0 Å². The van der Waals surface area contributed by atoms with Gasteiger partial charge in [0.2, 0.25) is 11.8 Å². The number of amides is 3. The highest BCUT2D eigenvalue weighted by Crippen LogP contribution is 2.33. The number of halogens is 3. The molecule has 304 valence electrons. The Morgan fingerprint density at radius 3 is 2.38 bits per heavy atom. The van der Waals surface area contributed by atoms with Crippen molar-refractivity contribution < 1.29 is 51.4 Å². The number of esters is 2. The Hall–Kier alpha value is -3.59. The maximum absolute atomic E-state index is 14.1. The summed E-state index contributed by atoms with van der Waals surface area (Å²) < 4.78 is 55.6. The Labute approximate surface area is 329 Å². The molecule has 0 aliphatic carbocycles. The number of alkyl halides is 3. The number of aromatic nitrogens is 2. The van der Waals surface area contributed by atoms with Crippen LogP contribution < -0.4 is 10.6 Å². The van der Waals surface area contributed by atoms with Crippen LogP contribution in [0.1, 0.15) is 65.9 Å². The predicted octanol–water partition coefficient (Wildman–Crippen LogP) is 3.73. The van der Waals surface area contributed by atoms with E-state index in [4.69, 9.17) is 14.2 Å². The first-order valence-corrected chi connectivity index (χ1v) is 20.4. The van der Waals surface area contributed by atoms with E-state index in [0.717, 1.165) is 28.1 Å². The molecule has 0 bridgehead atoms. The van der Waals surface area contributed by atoms with Gasteiger partial charge >= 0.3 is 18.1 Å². The van der Waals surface area contributed by atoms with E-state index < -0.39 is 65.9 Å². The molecule has 2 fully saturated rings. The number of ether oxygens (including phenoxy) is 3. The second-order valence-corrected chi connectivity index (χ2v) is 16.6. The average Bonchev–Trinajstić information content (AvgIpc) is 3.79. The van der Waals surface area contributed by atoms with E-state index in [1.807, 2.05) is 11.9 Å². The van der Waals surface area contributed by atoms with E-state index in [0.29, 0.717) is 30.2 Å². The summed E-state index contributed by atoms with van der Waals surface area (Å²) in [5.41, 5.74) is -0.528. The number of carbonyl (C=O) groups excluding carboxylic acids is 5. The topological polar surface area (TPSA) is 169 Å². The lowest BCUT2D eigenvalue weighted by Crippen LogP contribution is -2.61. The number of thioether (sulfide) groups is 1. The van der Waals surface area contributed by atoms with E-state index in [1.165, 1.54) is 24.3 Å². The van der Waals surface area contributed by atoms with E-state index in [-0.39, 0.29) is 59.3 Å². The van der Waals surface area contributed by atoms with Crippen molar-refractivity contribution in [3.05, 3.63) is 44.3 Å². The van der Waals surface area contributed by atoms with E-state index in [9.17, 15) is 37.1 Å². The van der Waals surface area contributed by atoms with Gasteiger partial charge in [0.1, 0.15) is 22.8 Å². The van der Waals surface area contributed by atoms with Gasteiger partial charge in [-0.1, -0.05) is 19.1 Å². The molecule has 3 amide bonds. The van der Waals surface area contributed by atoms with Crippen LogP contribution in [0.2, 0.25) is 0 Å². The molecule has 0 unspecified atom stereocenters. The molecule has 2 aliphatic heterocycles. The fourth-order valence-corrected chi connectivity index (χ4v) is 8.78. The van der Waals surface area contributed by atoms with Gasteiger partial charge in [-0.05, 0) is 31.9 Å². The molecule has 4 rings (SSSR count). The highest BCUT2D eigenvalue weighted by molar-refractivity contribution is 8.00. The third kappa shape index (κ3) is 12.0. The number of carbonyl (C=O) groups is 5. The average molecular weight is 833 g/mol. The summed E-state index contributed by atoms with van der Waals surface area (Å²) in [7, 11) is 4.64. The quantitative estimate of drug-likeness (QED) is 0.175. The SMILES string of the molecule is C=C(C)[C@@H](C[C@@H](OC(C)=O)c1nc(C(=O)N[C@@H](Cc2nc(C(F)(F)F)cs2)C[C@H](C)C(=O)OC)cs1)N(C)C(=O)[C@@H](NC(=O)[C@H]1COCCN1C)C1CSC1. The Balaban J connectivity index is 1.51. The van der Waals surface area contributed by atoms with Crippen molar-refractivity contribution in [2.75, 3.05) is 52.5 Å². The van der Waals surface area contributed by atoms with Crippen molar-refractivity contribution in [3.8, 4) is 0 Å². The zero-order valence-electron chi connectivity index (χ0n) is 31.5. The predicted molar refractivity (Wildman–Crippen MR) is 200 cm³/mol. The molecule has 14 nitrogen and oxygen atoms in total. The van der Waals surface area contributed by atoms with Crippen LogP contribution in [-0.4, -0.2) is 126 Å². The highest BCUT2D eigenvalue weighted by Gasteiger charge is 2.41. The number of nitrogens with zero attached hydrogens (tertiary/aromatic N) is 4. The summed E-state index contributed by atoms with van der Waals surface area (Å²) in [4.78, 5) is 77.0. The van der Waals surface area contributed by atoms with Crippen LogP contribution in [0.3, 0.4) is 0 Å². The first-order chi connectivity index (χ1) is 25.9. The molecular weight excluding hydrogens is 786 g/mol. The lowest BCUT2D eigenvalue weighted by atomic mass is 9.97. The molecule has 2 aromatic heterocycles. The smallest absolute Gasteiger partial charge is 0.434 e. The summed E-state index contributed by atoms with van der Waals surface area (Å²) in [5, 5.41) is 8.43. The van der Waals surface area contributed by atoms with Gasteiger partial charge in [-0.2, -0.15) is 24.9 Å². The third-order valence-corrected chi connectivity index (χ3v) is 12.5. The molecule has 2 aromatic rings. The molecule has 20 heteroatoms. The van der Waals surface area contributed by atoms with Gasteiger partial charge in [0, 0.05) is 56.1 Å². The molecule has 0 spiro atoms. The van der Waals surface area contributed by atoms with Crippen LogP contribution in [0, 0.1) is 11.8 Å². The van der Waals surface area contributed by atoms with E-state index in [2.05, 4.69) is 27.2 Å². The second-order valence-electron chi connectivity index (χ2n) is 13.7. The second kappa shape index (κ2) is 19.5. The van der Waals surface area contributed by atoms with Gasteiger partial charge in [-0.3, -0.25) is 28.9 Å². The van der Waals surface area contributed by atoms with Crippen LogP contribution in [0.15, 0.2) is 22.9 Å². The first kappa shape index (κ1) is 44.1. The van der Waals surface area contributed by atoms with Gasteiger partial charge in [0.25, 0.3) is 5.91 Å². The molecule has 2 saturated heterocycles. The highest BCUT2D eigenvalue weighted by atomic mass is 32.2. The number of rotatable bonds is 17. The number of hydrogen-bond acceptors (Lipinski definition) is 14. The van der Waals surface area contributed by atoms with Crippen molar-refractivity contribution in [2.24, 2.45) is 11.8 Å². The van der Waals surface area contributed by atoms with Crippen LogP contribution >= 0.6 is 34.4 Å². The Morgan fingerprint density at radius 2 is 1.82 bits per heavy atom. The summed E-state index contributed by atoms with van der Waals surface area (Å²) in [6, 6.07) is -2.83. The standard InChI is InChI=1S/C35H47F3N6O8S3/c1-18(2)24(44(6)33(48)29(21-14-53-15-21)42-31(47)25-13-51-9-8-43(25)5)12-26(52-20(4)45)32-40-23(16-55-32)30(46)39-22(10-19(3)34(49)50-7)11-28-41-27(17-54-28)35(36,37)38/h16-17,19,21-22,24-26,29H,1,8-15H2,2-7H3,(H,39,46)(H,42,47)/t19-,22+,24+,25+,26+,29-/m0/s1. The van der Waals surface area contributed by atoms with Crippen LogP contribution in [0.25, 0.3) is 0 Å². The third-order valence-electron chi connectivity index (χ3n) is 9.40. The molecule has 6 atom stereocenters. The molecule has 4 heterocycles. The van der Waals surface area contributed by atoms with Crippen molar-refractivity contribution >= 4 is 64.1 Å². The molecule has 0 saturated carbocycles. The Kier molecular flexibility index (Phi) is 15.7. The van der Waals surface area contributed by atoms with Crippen molar-refractivity contribution in [3.63, 3.8) is 0 Å². The minimum absolute atomic E-state index is 0.0376.